The van der Waals surface area contributed by atoms with Crippen LogP contribution in [0.2, 0.25) is 0 Å². The van der Waals surface area contributed by atoms with Crippen LogP contribution >= 0.6 is 0 Å². The molecule has 2 radical (unpaired) electrons. The standard InChI is InChI=1S/H2O3S.2Re/c1-4(2)3;;/h(H2,1,2,3);;. The third-order valence-electron chi connectivity index (χ3n) is 0. The fraction of sp³-hybridized carbons (Fsp3) is 0. The van der Waals surface area contributed by atoms with Gasteiger partial charge in [0.15, 0.2) is 0 Å². The van der Waals surface area contributed by atoms with E-state index in [2.05, 4.69) is 0 Å². The number of hydrogen-bond acceptors (Lipinski definition) is 1. The van der Waals surface area contributed by atoms with Crippen molar-refractivity contribution in [1.82, 2.24) is 0 Å². The van der Waals surface area contributed by atoms with Crippen LogP contribution in [0.3, 0.4) is 0 Å². The van der Waals surface area contributed by atoms with Crippen molar-refractivity contribution in [3.05, 3.63) is 0 Å². The van der Waals surface area contributed by atoms with Gasteiger partial charge in [-0.15, -0.1) is 0 Å². The molecule has 0 aliphatic carbocycles. The molecule has 0 saturated carbocycles. The van der Waals surface area contributed by atoms with E-state index >= 15 is 0 Å². The molecule has 0 amide bonds. The fourth-order valence-electron chi connectivity index (χ4n) is 0. The Morgan fingerprint density at radius 1 is 1.17 bits per heavy atom. The predicted octanol–water partition coefficient (Wildman–Crippen LogP) is -0.324. The normalized spacial score (nSPS) is 5.83. The van der Waals surface area contributed by atoms with Crippen molar-refractivity contribution < 1.29 is 54.2 Å². The van der Waals surface area contributed by atoms with Crippen molar-refractivity contribution in [2.45, 2.75) is 0 Å². The first kappa shape index (κ1) is 15.7. The summed E-state index contributed by atoms with van der Waals surface area (Å²) in [6, 6.07) is 0. The van der Waals surface area contributed by atoms with Crippen molar-refractivity contribution in [3.63, 3.8) is 0 Å². The molecule has 6 heavy (non-hydrogen) atoms. The second kappa shape index (κ2) is 9.64. The van der Waals surface area contributed by atoms with Crippen LogP contribution in [0.25, 0.3) is 0 Å². The van der Waals surface area contributed by atoms with E-state index < -0.39 is 11.4 Å². The molecule has 2 N–H and O–H groups in total. The van der Waals surface area contributed by atoms with Gasteiger partial charge >= 0.3 is 0 Å². The molecule has 3 nitrogen and oxygen atoms in total. The van der Waals surface area contributed by atoms with E-state index in [4.69, 9.17) is 13.3 Å². The Balaban J connectivity index is -0.0000000450. The minimum atomic E-state index is -2.61. The maximum Gasteiger partial charge on any atom is 0.299 e. The fourth-order valence-corrected chi connectivity index (χ4v) is 0. The molecule has 0 rings (SSSR count). The van der Waals surface area contributed by atoms with Crippen LogP contribution in [0.1, 0.15) is 0 Å². The molecule has 0 heterocycles. The molecule has 0 aromatic heterocycles. The van der Waals surface area contributed by atoms with Gasteiger partial charge in [-0.3, -0.25) is 9.11 Å². The molecular formula is H2O3Re2S. The second-order valence-corrected chi connectivity index (χ2v) is 0.692. The van der Waals surface area contributed by atoms with E-state index in [9.17, 15) is 0 Å². The predicted molar refractivity (Wildman–Crippen MR) is 13.4 cm³/mol. The topological polar surface area (TPSA) is 57.5 Å². The molecule has 0 aromatic carbocycles. The van der Waals surface area contributed by atoms with Gasteiger partial charge in [-0.05, 0) is 0 Å². The Labute approximate surface area is 65.3 Å². The maximum atomic E-state index is 8.67. The largest absolute Gasteiger partial charge is 0.299 e. The first-order valence-electron chi connectivity index (χ1n) is 0.532. The van der Waals surface area contributed by atoms with E-state index in [1.165, 1.54) is 0 Å². The van der Waals surface area contributed by atoms with Crippen molar-refractivity contribution in [3.8, 4) is 0 Å². The summed E-state index contributed by atoms with van der Waals surface area (Å²) in [6.07, 6.45) is 0. The van der Waals surface area contributed by atoms with Gasteiger partial charge in [-0.25, -0.2) is 0 Å². The summed E-state index contributed by atoms with van der Waals surface area (Å²) in [5.41, 5.74) is 0. The molecule has 0 atom stereocenters. The Kier molecular flexibility index (Phi) is 25.1. The van der Waals surface area contributed by atoms with Gasteiger partial charge < -0.3 is 0 Å². The summed E-state index contributed by atoms with van der Waals surface area (Å²) < 4.78 is 22.8. The van der Waals surface area contributed by atoms with E-state index in [-0.39, 0.29) is 40.8 Å². The molecule has 0 fully saturated rings. The smallest absolute Gasteiger partial charge is 0.284 e. The first-order chi connectivity index (χ1) is 1.73. The van der Waals surface area contributed by atoms with Gasteiger partial charge in [-0.1, -0.05) is 0 Å². The molecule has 40 valence electrons. The average molecular weight is 454 g/mol. The van der Waals surface area contributed by atoms with Crippen LogP contribution in [0.4, 0.5) is 0 Å². The number of rotatable bonds is 0. The summed E-state index contributed by atoms with van der Waals surface area (Å²) in [7, 11) is 0. The van der Waals surface area contributed by atoms with Crippen molar-refractivity contribution in [2.75, 3.05) is 0 Å². The molecule has 0 aromatic rings. The molecule has 0 bridgehead atoms. The Morgan fingerprint density at radius 3 is 1.17 bits per heavy atom. The van der Waals surface area contributed by atoms with Crippen LogP contribution in [-0.2, 0) is 52.2 Å². The van der Waals surface area contributed by atoms with Crippen molar-refractivity contribution in [2.24, 2.45) is 0 Å². The molecule has 0 saturated heterocycles. The zero-order chi connectivity index (χ0) is 3.58. The second-order valence-electron chi connectivity index (χ2n) is 0.231. The summed E-state index contributed by atoms with van der Waals surface area (Å²) >= 11 is -2.61. The minimum Gasteiger partial charge on any atom is -0.284 e. The summed E-state index contributed by atoms with van der Waals surface area (Å²) in [5, 5.41) is 0. The van der Waals surface area contributed by atoms with Gasteiger partial charge in [-0.2, -0.15) is 4.21 Å². The Hall–Kier alpha value is 1.39. The van der Waals surface area contributed by atoms with Crippen molar-refractivity contribution in [1.29, 1.82) is 0 Å². The van der Waals surface area contributed by atoms with Crippen LogP contribution in [0.5, 0.6) is 0 Å². The Morgan fingerprint density at radius 2 is 1.17 bits per heavy atom. The van der Waals surface area contributed by atoms with Crippen LogP contribution in [0, 0.1) is 0 Å². The quantitative estimate of drug-likeness (QED) is 0.494. The average Bonchev–Trinajstić information content (AvgIpc) is 0.811. The van der Waals surface area contributed by atoms with Gasteiger partial charge in [0.25, 0.3) is 11.4 Å². The SMILES string of the molecule is O=S(O)O.[Re].[Re]. The maximum absolute atomic E-state index is 8.67. The van der Waals surface area contributed by atoms with Crippen LogP contribution in [-0.4, -0.2) is 13.3 Å². The zero-order valence-corrected chi connectivity index (χ0v) is 8.71. The van der Waals surface area contributed by atoms with E-state index in [1.54, 1.807) is 0 Å². The summed E-state index contributed by atoms with van der Waals surface area (Å²) in [4.78, 5) is 0. The number of hydrogen-bond donors (Lipinski definition) is 2. The van der Waals surface area contributed by atoms with E-state index in [0.717, 1.165) is 0 Å². The van der Waals surface area contributed by atoms with E-state index in [0.29, 0.717) is 0 Å². The third-order valence-corrected chi connectivity index (χ3v) is 0. The van der Waals surface area contributed by atoms with Gasteiger partial charge in [0, 0.05) is 40.8 Å². The molecular weight excluding hydrogens is 452 g/mol. The summed E-state index contributed by atoms with van der Waals surface area (Å²) in [6.45, 7) is 0. The van der Waals surface area contributed by atoms with Gasteiger partial charge in [0.2, 0.25) is 0 Å². The molecule has 6 heteroatoms. The minimum absolute atomic E-state index is 0. The molecule has 0 unspecified atom stereocenters. The first-order valence-corrected chi connectivity index (χ1v) is 1.60. The third kappa shape index (κ3) is 53.6. The van der Waals surface area contributed by atoms with Crippen molar-refractivity contribution >= 4 is 11.4 Å². The van der Waals surface area contributed by atoms with E-state index in [1.807, 2.05) is 0 Å². The van der Waals surface area contributed by atoms with Crippen LogP contribution < -0.4 is 0 Å². The van der Waals surface area contributed by atoms with Gasteiger partial charge in [0.1, 0.15) is 0 Å². The van der Waals surface area contributed by atoms with Gasteiger partial charge in [0.05, 0.1) is 0 Å². The summed E-state index contributed by atoms with van der Waals surface area (Å²) in [5.74, 6) is 0. The Bertz CT molecular complexity index is 31.8. The monoisotopic (exact) mass is 456 g/mol. The van der Waals surface area contributed by atoms with Crippen LogP contribution in [0.15, 0.2) is 0 Å². The molecule has 0 aliphatic heterocycles. The molecule has 0 spiro atoms. The molecule has 0 aliphatic rings. The zero-order valence-electron chi connectivity index (χ0n) is 2.47.